The quantitative estimate of drug-likeness (QED) is 0.744. The van der Waals surface area contributed by atoms with Crippen LogP contribution in [-0.2, 0) is 9.53 Å². The zero-order valence-electron chi connectivity index (χ0n) is 15.5. The van der Waals surface area contributed by atoms with Crippen molar-refractivity contribution in [2.24, 2.45) is 0 Å². The maximum Gasteiger partial charge on any atom is 0.342 e. The van der Waals surface area contributed by atoms with Crippen molar-refractivity contribution >= 4 is 40.1 Å². The van der Waals surface area contributed by atoms with Crippen LogP contribution in [0.4, 0.5) is 5.69 Å². The molecule has 0 saturated heterocycles. The van der Waals surface area contributed by atoms with Crippen molar-refractivity contribution in [3.05, 3.63) is 35.0 Å². The van der Waals surface area contributed by atoms with Crippen LogP contribution >= 0.6 is 11.6 Å². The summed E-state index contributed by atoms with van der Waals surface area (Å²) in [4.78, 5) is 30.8. The lowest BCUT2D eigenvalue weighted by Gasteiger charge is -2.20. The Morgan fingerprint density at radius 3 is 2.58 bits per heavy atom. The minimum absolute atomic E-state index is 0.0508. The van der Waals surface area contributed by atoms with E-state index >= 15 is 0 Å². The molecule has 0 saturated carbocycles. The van der Waals surface area contributed by atoms with Gasteiger partial charge in [0.15, 0.2) is 0 Å². The largest absolute Gasteiger partial charge is 0.459 e. The van der Waals surface area contributed by atoms with Crippen molar-refractivity contribution in [3.8, 4) is 0 Å². The van der Waals surface area contributed by atoms with Crippen LogP contribution in [0.15, 0.2) is 24.4 Å². The van der Waals surface area contributed by atoms with E-state index in [1.807, 2.05) is 13.8 Å². The molecule has 0 bridgehead atoms. The molecule has 1 amide bonds. The monoisotopic (exact) mass is 377 g/mol. The average Bonchev–Trinajstić information content (AvgIpc) is 2.59. The van der Waals surface area contributed by atoms with E-state index in [0.29, 0.717) is 34.7 Å². The molecule has 0 radical (unpaired) electrons. The van der Waals surface area contributed by atoms with Gasteiger partial charge in [0, 0.05) is 29.7 Å². The number of pyridine rings is 1. The van der Waals surface area contributed by atoms with E-state index in [-0.39, 0.29) is 24.1 Å². The molecule has 26 heavy (non-hydrogen) atoms. The molecule has 1 aromatic carbocycles. The van der Waals surface area contributed by atoms with Gasteiger partial charge in [-0.2, -0.15) is 0 Å². The third kappa shape index (κ3) is 4.64. The molecular weight excluding hydrogens is 354 g/mol. The minimum Gasteiger partial charge on any atom is -0.459 e. The number of nitrogens with zero attached hydrogens (tertiary/aromatic N) is 2. The Kier molecular flexibility index (Phi) is 6.80. The van der Waals surface area contributed by atoms with Gasteiger partial charge in [-0.25, -0.2) is 4.79 Å². The van der Waals surface area contributed by atoms with Crippen molar-refractivity contribution in [2.75, 3.05) is 25.0 Å². The summed E-state index contributed by atoms with van der Waals surface area (Å²) in [6, 6.07) is 5.22. The first kappa shape index (κ1) is 20.0. The van der Waals surface area contributed by atoms with Crippen LogP contribution in [0.3, 0.4) is 0 Å². The molecular formula is C19H24ClN3O3. The molecule has 0 aliphatic rings. The third-order valence-electron chi connectivity index (χ3n) is 3.93. The molecule has 0 unspecified atom stereocenters. The van der Waals surface area contributed by atoms with Gasteiger partial charge in [-0.3, -0.25) is 9.78 Å². The summed E-state index contributed by atoms with van der Waals surface area (Å²) >= 11 is 6.12. The van der Waals surface area contributed by atoms with E-state index in [1.165, 1.54) is 6.20 Å². The van der Waals surface area contributed by atoms with Gasteiger partial charge in [-0.05, 0) is 45.9 Å². The third-order valence-corrected chi connectivity index (χ3v) is 4.16. The zero-order chi connectivity index (χ0) is 19.3. The van der Waals surface area contributed by atoms with E-state index in [4.69, 9.17) is 16.3 Å². The highest BCUT2D eigenvalue weighted by Crippen LogP contribution is 2.29. The molecule has 0 atom stereocenters. The number of aromatic nitrogens is 1. The Bertz CT molecular complexity index is 804. The summed E-state index contributed by atoms with van der Waals surface area (Å²) in [5.74, 6) is -0.544. The summed E-state index contributed by atoms with van der Waals surface area (Å²) in [5.41, 5.74) is 1.46. The van der Waals surface area contributed by atoms with Gasteiger partial charge in [0.05, 0.1) is 23.9 Å². The number of anilines is 1. The van der Waals surface area contributed by atoms with Crippen LogP contribution in [-0.4, -0.2) is 47.5 Å². The lowest BCUT2D eigenvalue weighted by atomic mass is 10.1. The van der Waals surface area contributed by atoms with Gasteiger partial charge in [-0.1, -0.05) is 11.6 Å². The first-order valence-corrected chi connectivity index (χ1v) is 9.06. The van der Waals surface area contributed by atoms with E-state index in [0.717, 1.165) is 0 Å². The molecule has 140 valence electrons. The zero-order valence-corrected chi connectivity index (χ0v) is 16.3. The summed E-state index contributed by atoms with van der Waals surface area (Å²) in [5, 5.41) is 4.29. The first-order chi connectivity index (χ1) is 12.4. The highest BCUT2D eigenvalue weighted by molar-refractivity contribution is 6.31. The predicted molar refractivity (Wildman–Crippen MR) is 104 cm³/mol. The number of fused-ring (bicyclic) bond motifs is 1. The number of amides is 1. The average molecular weight is 378 g/mol. The Hall–Kier alpha value is -2.34. The summed E-state index contributed by atoms with van der Waals surface area (Å²) in [7, 11) is 0. The summed E-state index contributed by atoms with van der Waals surface area (Å²) in [6.45, 7) is 8.73. The predicted octanol–water partition coefficient (Wildman–Crippen LogP) is 3.73. The fourth-order valence-electron chi connectivity index (χ4n) is 2.64. The van der Waals surface area contributed by atoms with Crippen LogP contribution in [0.1, 0.15) is 38.1 Å². The van der Waals surface area contributed by atoms with Crippen LogP contribution in [0.25, 0.3) is 10.9 Å². The number of esters is 1. The van der Waals surface area contributed by atoms with Crippen molar-refractivity contribution in [2.45, 2.75) is 33.8 Å². The Morgan fingerprint density at radius 2 is 1.96 bits per heavy atom. The van der Waals surface area contributed by atoms with Crippen molar-refractivity contribution in [3.63, 3.8) is 0 Å². The molecule has 0 aliphatic carbocycles. The van der Waals surface area contributed by atoms with Crippen molar-refractivity contribution in [1.29, 1.82) is 0 Å². The molecule has 1 heterocycles. The number of rotatable bonds is 7. The van der Waals surface area contributed by atoms with Gasteiger partial charge in [0.2, 0.25) is 5.91 Å². The van der Waals surface area contributed by atoms with Crippen molar-refractivity contribution in [1.82, 2.24) is 9.88 Å². The normalized spacial score (nSPS) is 10.8. The second-order valence-electron chi connectivity index (χ2n) is 6.08. The summed E-state index contributed by atoms with van der Waals surface area (Å²) < 4.78 is 5.31. The van der Waals surface area contributed by atoms with E-state index in [1.54, 1.807) is 36.9 Å². The van der Waals surface area contributed by atoms with Gasteiger partial charge in [0.1, 0.15) is 5.56 Å². The smallest absolute Gasteiger partial charge is 0.342 e. The number of ether oxygens (including phenoxy) is 1. The molecule has 2 aromatic rings. The maximum atomic E-state index is 12.5. The van der Waals surface area contributed by atoms with E-state index in [2.05, 4.69) is 10.3 Å². The lowest BCUT2D eigenvalue weighted by molar-refractivity contribution is -0.128. The Balaban J connectivity index is 2.43. The SMILES string of the molecule is CCN(CC)C(=O)CNc1c(C(=O)OC(C)C)cnc2ccc(Cl)cc12. The molecule has 0 fully saturated rings. The fourth-order valence-corrected chi connectivity index (χ4v) is 2.81. The number of hydrogen-bond acceptors (Lipinski definition) is 5. The Morgan fingerprint density at radius 1 is 1.27 bits per heavy atom. The molecule has 7 heteroatoms. The van der Waals surface area contributed by atoms with Crippen LogP contribution in [0, 0.1) is 0 Å². The number of hydrogen-bond donors (Lipinski definition) is 1. The standard InChI is InChI=1S/C19H24ClN3O3/c1-5-23(6-2)17(24)11-22-18-14-9-13(20)7-8-16(14)21-10-15(18)19(25)26-12(3)4/h7-10,12H,5-6,11H2,1-4H3,(H,21,22). The lowest BCUT2D eigenvalue weighted by Crippen LogP contribution is -2.35. The fraction of sp³-hybridized carbons (Fsp3) is 0.421. The minimum atomic E-state index is -0.493. The Labute approximate surface area is 158 Å². The first-order valence-electron chi connectivity index (χ1n) is 8.68. The molecule has 0 aliphatic heterocycles. The topological polar surface area (TPSA) is 71.5 Å². The van der Waals surface area contributed by atoms with Crippen molar-refractivity contribution < 1.29 is 14.3 Å². The van der Waals surface area contributed by atoms with Gasteiger partial charge in [0.25, 0.3) is 0 Å². The number of benzene rings is 1. The van der Waals surface area contributed by atoms with Crippen LogP contribution in [0.2, 0.25) is 5.02 Å². The van der Waals surface area contributed by atoms with Gasteiger partial charge >= 0.3 is 5.97 Å². The second-order valence-corrected chi connectivity index (χ2v) is 6.52. The van der Waals surface area contributed by atoms with Crippen LogP contribution < -0.4 is 5.32 Å². The molecule has 2 rings (SSSR count). The van der Waals surface area contributed by atoms with E-state index in [9.17, 15) is 9.59 Å². The highest BCUT2D eigenvalue weighted by Gasteiger charge is 2.19. The number of nitrogens with one attached hydrogen (secondary N) is 1. The second kappa shape index (κ2) is 8.85. The molecule has 6 nitrogen and oxygen atoms in total. The highest BCUT2D eigenvalue weighted by atomic mass is 35.5. The van der Waals surface area contributed by atoms with Crippen LogP contribution in [0.5, 0.6) is 0 Å². The summed E-state index contributed by atoms with van der Waals surface area (Å²) in [6.07, 6.45) is 1.20. The maximum absolute atomic E-state index is 12.5. The van der Waals surface area contributed by atoms with Gasteiger partial charge in [-0.15, -0.1) is 0 Å². The number of likely N-dealkylation sites (N-methyl/N-ethyl adjacent to an activating group) is 1. The molecule has 1 N–H and O–H groups in total. The van der Waals surface area contributed by atoms with E-state index < -0.39 is 5.97 Å². The van der Waals surface area contributed by atoms with Gasteiger partial charge < -0.3 is 15.0 Å². The number of halogens is 1. The molecule has 1 aromatic heterocycles. The number of carbonyl (C=O) groups excluding carboxylic acids is 2. The number of carbonyl (C=O) groups is 2. The molecule has 0 spiro atoms.